The normalized spacial score (nSPS) is 30.2. The minimum Gasteiger partial charge on any atom is -0.541 e. The number of allylic oxidation sites excluding steroid dienone is 1. The molecule has 10 nitrogen and oxygen atoms in total. The summed E-state index contributed by atoms with van der Waals surface area (Å²) in [6.45, 7) is 21.3. The lowest BCUT2D eigenvalue weighted by Gasteiger charge is -2.60. The highest BCUT2D eigenvalue weighted by Crippen LogP contribution is 2.59. The minimum absolute atomic E-state index is 0.105. The zero-order chi connectivity index (χ0) is 39.6. The van der Waals surface area contributed by atoms with Crippen LogP contribution in [0.5, 0.6) is 0 Å². The summed E-state index contributed by atoms with van der Waals surface area (Å²) in [7, 11) is -4.50. The average molecular weight is 773 g/mol. The zero-order valence-electron chi connectivity index (χ0n) is 33.9. The molecule has 1 aliphatic heterocycles. The molecular weight excluding hydrogens is 709 g/mol. The molecule has 53 heavy (non-hydrogen) atoms. The fourth-order valence-corrected chi connectivity index (χ4v) is 14.5. The highest BCUT2D eigenvalue weighted by molar-refractivity contribution is 6.74. The number of hydrogen-bond donors (Lipinski definition) is 2. The number of Topliss-reactive ketones (excluding diaryl/α,β-unsaturated/α-hetero) is 1. The van der Waals surface area contributed by atoms with E-state index in [1.165, 1.54) is 6.92 Å². The third kappa shape index (κ3) is 7.65. The van der Waals surface area contributed by atoms with Crippen LogP contribution in [-0.2, 0) is 32.7 Å². The van der Waals surface area contributed by atoms with E-state index in [0.717, 1.165) is 36.3 Å². The molecule has 0 saturated carbocycles. The molecule has 0 aromatic heterocycles. The van der Waals surface area contributed by atoms with Gasteiger partial charge < -0.3 is 33.3 Å². The molecule has 3 aliphatic rings. The molecule has 2 bridgehead atoms. The van der Waals surface area contributed by atoms with Crippen molar-refractivity contribution in [1.82, 2.24) is 0 Å². The van der Waals surface area contributed by atoms with Crippen LogP contribution in [0, 0.1) is 11.3 Å². The van der Waals surface area contributed by atoms with Gasteiger partial charge in [-0.2, -0.15) is 0 Å². The van der Waals surface area contributed by atoms with Crippen LogP contribution in [0.3, 0.4) is 0 Å². The molecule has 1 fully saturated rings. The van der Waals surface area contributed by atoms with E-state index in [1.54, 1.807) is 58.0 Å². The van der Waals surface area contributed by atoms with Gasteiger partial charge in [-0.05, 0) is 79.8 Å². The van der Waals surface area contributed by atoms with Crippen molar-refractivity contribution in [2.24, 2.45) is 11.3 Å². The summed E-state index contributed by atoms with van der Waals surface area (Å²) in [6.07, 6.45) is -3.17. The first-order valence-corrected chi connectivity index (χ1v) is 24.8. The Labute approximate surface area is 318 Å². The van der Waals surface area contributed by atoms with Crippen LogP contribution in [0.1, 0.15) is 99.4 Å². The highest BCUT2D eigenvalue weighted by atomic mass is 28.4. The molecule has 2 aliphatic carbocycles. The predicted molar refractivity (Wildman–Crippen MR) is 209 cm³/mol. The number of aliphatic hydroxyl groups is 2. The number of hydrogen-bond acceptors (Lipinski definition) is 10. The lowest BCUT2D eigenvalue weighted by molar-refractivity contribution is -0.290. The van der Waals surface area contributed by atoms with E-state index in [1.807, 2.05) is 0 Å². The molecule has 12 heteroatoms. The molecule has 1 aromatic rings. The first kappa shape index (κ1) is 43.1. The molecule has 4 rings (SSSR count). The van der Waals surface area contributed by atoms with E-state index in [2.05, 4.69) is 41.5 Å². The fourth-order valence-electron chi connectivity index (χ4n) is 9.18. The van der Waals surface area contributed by atoms with Gasteiger partial charge in [0.25, 0.3) is 8.32 Å². The van der Waals surface area contributed by atoms with Gasteiger partial charge in [0.15, 0.2) is 25.8 Å². The van der Waals surface area contributed by atoms with Gasteiger partial charge in [0, 0.05) is 30.9 Å². The maximum atomic E-state index is 15.3. The number of ether oxygens (including phenoxy) is 3. The third-order valence-electron chi connectivity index (χ3n) is 13.3. The SMILES string of the molecule is CC[Si](CC)(CC)OCC[C@H]1OC[C@@]1(O)[C@@H]1/C(C)=C(/O[Si](CC)(CC)CC)C(=O)C2=C(C)[C@@H](O)C[C@@](OC(=O)c3ccccc3)([C@H]1OC(C)=O)C2(C)C. The third-order valence-corrected chi connectivity index (χ3v) is 22.4. The fraction of sp³-hybridized carbons (Fsp3) is 0.683. The van der Waals surface area contributed by atoms with Crippen molar-refractivity contribution in [2.75, 3.05) is 13.2 Å². The summed E-state index contributed by atoms with van der Waals surface area (Å²) in [5.41, 5.74) is -3.50. The Balaban J connectivity index is 2.04. The second-order valence-corrected chi connectivity index (χ2v) is 25.4. The van der Waals surface area contributed by atoms with Crippen molar-refractivity contribution in [2.45, 2.75) is 155 Å². The van der Waals surface area contributed by atoms with Crippen LogP contribution < -0.4 is 0 Å². The summed E-state index contributed by atoms with van der Waals surface area (Å²) in [5, 5.41) is 24.9. The molecule has 1 saturated heterocycles. The quantitative estimate of drug-likeness (QED) is 0.127. The van der Waals surface area contributed by atoms with Crippen LogP contribution in [0.2, 0.25) is 36.3 Å². The van der Waals surface area contributed by atoms with Crippen molar-refractivity contribution in [1.29, 1.82) is 0 Å². The number of carbonyl (C=O) groups is 3. The van der Waals surface area contributed by atoms with Crippen LogP contribution in [0.15, 0.2) is 52.8 Å². The molecule has 6 atom stereocenters. The van der Waals surface area contributed by atoms with Gasteiger partial charge in [0.1, 0.15) is 5.60 Å². The predicted octanol–water partition coefficient (Wildman–Crippen LogP) is 7.66. The van der Waals surface area contributed by atoms with E-state index in [0.29, 0.717) is 24.2 Å². The molecule has 1 heterocycles. The average Bonchev–Trinajstić information content (AvgIpc) is 3.13. The smallest absolute Gasteiger partial charge is 0.338 e. The van der Waals surface area contributed by atoms with Gasteiger partial charge in [-0.25, -0.2) is 4.79 Å². The highest BCUT2D eigenvalue weighted by Gasteiger charge is 2.70. The van der Waals surface area contributed by atoms with Gasteiger partial charge >= 0.3 is 11.9 Å². The Morgan fingerprint density at radius 2 is 1.47 bits per heavy atom. The van der Waals surface area contributed by atoms with Crippen LogP contribution in [0.25, 0.3) is 0 Å². The van der Waals surface area contributed by atoms with Crippen molar-refractivity contribution >= 4 is 34.4 Å². The number of carbonyl (C=O) groups excluding carboxylic acids is 3. The summed E-state index contributed by atoms with van der Waals surface area (Å²) < 4.78 is 32.7. The molecular formula is C41H64O10Si2. The molecule has 1 aromatic carbocycles. The molecule has 2 N–H and O–H groups in total. The van der Waals surface area contributed by atoms with Crippen LogP contribution in [-0.4, -0.2) is 87.3 Å². The summed E-state index contributed by atoms with van der Waals surface area (Å²) in [4.78, 5) is 42.8. The topological polar surface area (TPSA) is 138 Å². The Kier molecular flexibility index (Phi) is 13.5. The maximum Gasteiger partial charge on any atom is 0.338 e. The number of aliphatic hydroxyl groups excluding tert-OH is 1. The van der Waals surface area contributed by atoms with E-state index in [9.17, 15) is 19.8 Å². The van der Waals surface area contributed by atoms with E-state index >= 15 is 4.79 Å². The first-order valence-electron chi connectivity index (χ1n) is 19.7. The Morgan fingerprint density at radius 3 is 1.96 bits per heavy atom. The lowest BCUT2D eigenvalue weighted by atomic mass is 9.53. The molecule has 0 spiro atoms. The van der Waals surface area contributed by atoms with E-state index in [-0.39, 0.29) is 29.9 Å². The monoisotopic (exact) mass is 772 g/mol. The number of fused-ring (bicyclic) bond motifs is 2. The maximum absolute atomic E-state index is 15.3. The zero-order valence-corrected chi connectivity index (χ0v) is 35.9. The summed E-state index contributed by atoms with van der Waals surface area (Å²) in [5.74, 6) is -2.81. The standard InChI is InChI=1S/C41H64O10Si2/c1-12-52(13-2,14-3)48-24-23-32-40(46,26-47-32)34-28(8)36(51-53(15-4,16-5)17-6)35(44)33-27(7)31(43)25-41(39(33,10)11,37(34)49-29(9)42)50-38(45)30-21-19-18-20-22-30/h18-22,31-32,34,37,43,46H,12-17,23-26H2,1-11H3/b36-28+/t31-,32+,34+,37-,40-,41+/m0/s1. The van der Waals surface area contributed by atoms with Crippen molar-refractivity contribution in [3.63, 3.8) is 0 Å². The molecule has 0 amide bonds. The molecule has 0 radical (unpaired) electrons. The summed E-state index contributed by atoms with van der Waals surface area (Å²) >= 11 is 0. The summed E-state index contributed by atoms with van der Waals surface area (Å²) in [6, 6.07) is 13.6. The molecule has 0 unspecified atom stereocenters. The Hall–Kier alpha value is -2.62. The first-order chi connectivity index (χ1) is 24.9. The van der Waals surface area contributed by atoms with Gasteiger partial charge in [0.2, 0.25) is 5.78 Å². The van der Waals surface area contributed by atoms with E-state index < -0.39 is 75.2 Å². The Bertz CT molecular complexity index is 1550. The van der Waals surface area contributed by atoms with Gasteiger partial charge in [0.05, 0.1) is 30.3 Å². The lowest BCUT2D eigenvalue weighted by Crippen LogP contribution is -2.73. The van der Waals surface area contributed by atoms with Crippen LogP contribution in [0.4, 0.5) is 0 Å². The van der Waals surface area contributed by atoms with E-state index in [4.69, 9.17) is 23.1 Å². The van der Waals surface area contributed by atoms with Crippen molar-refractivity contribution in [3.8, 4) is 0 Å². The Morgan fingerprint density at radius 1 is 0.906 bits per heavy atom. The number of ketones is 1. The molecule has 296 valence electrons. The van der Waals surface area contributed by atoms with Crippen molar-refractivity contribution < 1.29 is 47.7 Å². The number of rotatable bonds is 16. The second-order valence-electron chi connectivity index (χ2n) is 15.9. The number of esters is 2. The van der Waals surface area contributed by atoms with Gasteiger partial charge in [-0.15, -0.1) is 0 Å². The number of benzene rings is 1. The van der Waals surface area contributed by atoms with Crippen molar-refractivity contribution in [3.05, 3.63) is 58.4 Å². The second kappa shape index (κ2) is 16.6. The van der Waals surface area contributed by atoms with Gasteiger partial charge in [-0.3, -0.25) is 9.59 Å². The largest absolute Gasteiger partial charge is 0.541 e. The minimum atomic E-state index is -2.53. The van der Waals surface area contributed by atoms with Crippen LogP contribution >= 0.6 is 0 Å². The van der Waals surface area contributed by atoms with Gasteiger partial charge in [-0.1, -0.05) is 73.6 Å².